The molecular formula is C23H30N10O13P2S2-2. The summed E-state index contributed by atoms with van der Waals surface area (Å²) in [5, 5.41) is 52.4. The van der Waals surface area contributed by atoms with E-state index < -0.39 is 95.9 Å². The fourth-order valence-electron chi connectivity index (χ4n) is 5.11. The first-order valence-electron chi connectivity index (χ1n) is 14.4. The first kappa shape index (κ1) is 37.5. The predicted octanol–water partition coefficient (Wildman–Crippen LogP) is -4.33. The van der Waals surface area contributed by atoms with Gasteiger partial charge in [-0.1, -0.05) is 0 Å². The van der Waals surface area contributed by atoms with Gasteiger partial charge in [0.2, 0.25) is 0 Å². The molecule has 0 saturated carbocycles. The third-order valence-electron chi connectivity index (χ3n) is 7.64. The topological polar surface area (TPSA) is 342 Å². The second kappa shape index (κ2) is 15.0. The molecule has 0 bridgehead atoms. The number of rotatable bonds is 14. The van der Waals surface area contributed by atoms with Crippen molar-refractivity contribution in [3.05, 3.63) is 25.3 Å². The number of nitrogen functional groups attached to an aromatic ring is 2. The minimum absolute atomic E-state index is 0.0956. The van der Waals surface area contributed by atoms with Crippen LogP contribution in [-0.2, 0) is 52.1 Å². The fraction of sp³-hybridized carbons (Fsp3) is 0.565. The lowest BCUT2D eigenvalue weighted by Gasteiger charge is -2.36. The smallest absolute Gasteiger partial charge is 0.167 e. The van der Waals surface area contributed by atoms with Crippen LogP contribution < -0.4 is 21.3 Å². The monoisotopic (exact) mass is 780 g/mol. The highest BCUT2D eigenvalue weighted by Crippen LogP contribution is 2.52. The van der Waals surface area contributed by atoms with Crippen LogP contribution in [0.15, 0.2) is 25.3 Å². The van der Waals surface area contributed by atoms with Crippen LogP contribution >= 0.6 is 14.3 Å². The SMILES string of the molecule is Nc1ncnc2c1ncn2[C@@H]1O[C@H](CO[P+]([O-])([S-])OCC(O)CO[P+]([O-])([S-])OC[C@H]2O[C@@H](n3cnc4c(N)ncnc43)[C@H](O)[C@@H]2O)[C@@H](O)[C@H]1O. The maximum atomic E-state index is 12.7. The fourth-order valence-corrected chi connectivity index (χ4v) is 7.36. The van der Waals surface area contributed by atoms with Gasteiger partial charge in [0.15, 0.2) is 35.4 Å². The molecule has 2 fully saturated rings. The van der Waals surface area contributed by atoms with Crippen molar-refractivity contribution < 1.29 is 62.9 Å². The number of nitrogens with two attached hydrogens (primary N) is 2. The molecule has 4 aromatic heterocycles. The van der Waals surface area contributed by atoms with Gasteiger partial charge in [-0.25, -0.2) is 48.0 Å². The third-order valence-corrected chi connectivity index (χ3v) is 10.8. The first-order valence-corrected chi connectivity index (χ1v) is 19.5. The van der Waals surface area contributed by atoms with Crippen LogP contribution in [0.25, 0.3) is 22.3 Å². The van der Waals surface area contributed by atoms with E-state index in [4.69, 9.17) is 63.5 Å². The summed E-state index contributed by atoms with van der Waals surface area (Å²) >= 11 is 9.68. The lowest BCUT2D eigenvalue weighted by Crippen LogP contribution is -2.35. The zero-order chi connectivity index (χ0) is 36.0. The molecule has 50 heavy (non-hydrogen) atoms. The average molecular weight is 781 g/mol. The molecule has 9 N–H and O–H groups in total. The van der Waals surface area contributed by atoms with Gasteiger partial charge in [0.1, 0.15) is 107 Å². The van der Waals surface area contributed by atoms with Crippen molar-refractivity contribution in [1.82, 2.24) is 39.0 Å². The molecule has 6 heterocycles. The number of aromatic nitrogens is 8. The van der Waals surface area contributed by atoms with Crippen molar-refractivity contribution in [2.75, 3.05) is 37.9 Å². The summed E-state index contributed by atoms with van der Waals surface area (Å²) in [4.78, 5) is 49.4. The van der Waals surface area contributed by atoms with Crippen LogP contribution in [0.1, 0.15) is 12.5 Å². The summed E-state index contributed by atoms with van der Waals surface area (Å²) in [5.41, 5.74) is 12.5. The van der Waals surface area contributed by atoms with Gasteiger partial charge in [0.05, 0.1) is 12.7 Å². The van der Waals surface area contributed by atoms with E-state index >= 15 is 0 Å². The minimum Gasteiger partial charge on any atom is -0.649 e. The summed E-state index contributed by atoms with van der Waals surface area (Å²) in [7, 11) is -8.59. The van der Waals surface area contributed by atoms with Crippen molar-refractivity contribution in [2.24, 2.45) is 0 Å². The number of ether oxygens (including phenoxy) is 2. The Balaban J connectivity index is 0.937. The number of nitrogens with zero attached hydrogens (tertiary/aromatic N) is 8. The molecule has 4 aromatic rings. The summed E-state index contributed by atoms with van der Waals surface area (Å²) in [6, 6.07) is 0. The highest BCUT2D eigenvalue weighted by Gasteiger charge is 2.46. The van der Waals surface area contributed by atoms with Gasteiger partial charge in [-0.2, -0.15) is 0 Å². The van der Waals surface area contributed by atoms with Crippen molar-refractivity contribution in [2.45, 2.75) is 55.2 Å². The van der Waals surface area contributed by atoms with E-state index in [9.17, 15) is 35.3 Å². The molecule has 2 aliphatic rings. The summed E-state index contributed by atoms with van der Waals surface area (Å²) in [6.07, 6.45) is -7.32. The normalized spacial score (nSPS) is 30.2. The molecule has 0 radical (unpaired) electrons. The Bertz CT molecular complexity index is 1670. The lowest BCUT2D eigenvalue weighted by atomic mass is 10.1. The van der Waals surface area contributed by atoms with Gasteiger partial charge in [-0.15, -0.1) is 0 Å². The van der Waals surface area contributed by atoms with Crippen LogP contribution in [0.2, 0.25) is 0 Å². The van der Waals surface area contributed by atoms with Gasteiger partial charge >= 0.3 is 0 Å². The van der Waals surface area contributed by atoms with E-state index in [1.54, 1.807) is 0 Å². The Morgan fingerprint density at radius 1 is 0.700 bits per heavy atom. The molecule has 23 nitrogen and oxygen atoms in total. The van der Waals surface area contributed by atoms with Crippen LogP contribution in [0.4, 0.5) is 11.6 Å². The van der Waals surface area contributed by atoms with Crippen molar-refractivity contribution in [3.8, 4) is 0 Å². The number of aliphatic hydroxyl groups excluding tert-OH is 5. The van der Waals surface area contributed by atoms with Gasteiger partial charge in [0.25, 0.3) is 0 Å². The minimum atomic E-state index is -4.30. The van der Waals surface area contributed by atoms with Crippen molar-refractivity contribution in [1.29, 1.82) is 0 Å². The quantitative estimate of drug-likeness (QED) is 0.0470. The molecule has 2 aliphatic heterocycles. The van der Waals surface area contributed by atoms with Crippen LogP contribution in [0, 0.1) is 0 Å². The molecular weight excluding hydrogens is 750 g/mol. The Morgan fingerprint density at radius 2 is 1.10 bits per heavy atom. The molecule has 0 aliphatic carbocycles. The van der Waals surface area contributed by atoms with Gasteiger partial charge in [-0.3, -0.25) is 9.13 Å². The highest BCUT2D eigenvalue weighted by molar-refractivity contribution is 8.35. The first-order chi connectivity index (χ1) is 23.7. The predicted molar refractivity (Wildman–Crippen MR) is 170 cm³/mol. The Hall–Kier alpha value is -2.26. The second-order valence-corrected chi connectivity index (χ2v) is 16.5. The van der Waals surface area contributed by atoms with E-state index in [0.717, 1.165) is 0 Å². The summed E-state index contributed by atoms with van der Waals surface area (Å²) < 4.78 is 34.3. The number of hydrogen-bond donors (Lipinski definition) is 7. The number of fused-ring (bicyclic) bond motifs is 2. The largest absolute Gasteiger partial charge is 0.649 e. The lowest BCUT2D eigenvalue weighted by molar-refractivity contribution is -0.217. The number of imidazole rings is 2. The van der Waals surface area contributed by atoms with E-state index in [-0.39, 0.29) is 34.0 Å². The van der Waals surface area contributed by atoms with Crippen molar-refractivity contribution in [3.63, 3.8) is 0 Å². The molecule has 274 valence electrons. The third kappa shape index (κ3) is 7.89. The molecule has 10 atom stereocenters. The van der Waals surface area contributed by atoms with Crippen LogP contribution in [0.5, 0.6) is 0 Å². The van der Waals surface area contributed by atoms with E-state index in [1.165, 1.54) is 34.4 Å². The maximum absolute atomic E-state index is 12.7. The summed E-state index contributed by atoms with van der Waals surface area (Å²) in [6.45, 7) is -2.60. The number of aliphatic hydroxyl groups is 5. The van der Waals surface area contributed by atoms with E-state index in [2.05, 4.69) is 29.9 Å². The zero-order valence-electron chi connectivity index (χ0n) is 25.3. The van der Waals surface area contributed by atoms with Crippen LogP contribution in [-0.4, -0.2) is 134 Å². The standard InChI is InChI=1S/C23H32N10O13P2S2/c24-18-12-20(28-5-26-18)32(7-30-12)22-16(37)14(35)10(45-22)3-43-47(39,49)41-1-9(34)2-42-48(40,50)44-4-11-15(36)17(38)23(46-11)33-8-31-13-19(25)27-6-29-21(13)33/h5-11,14-17,22-23,34-38H,1-4H2,(H,39,49)(H,40,50)(H2,24,26,28)(H2,25,27,29)/p-2/t9?,10-,11-,14-,15-,16-,17-,22-,23-,47?,48?/m1/s1. The maximum Gasteiger partial charge on any atom is 0.167 e. The molecule has 0 spiro atoms. The zero-order valence-corrected chi connectivity index (χ0v) is 28.7. The van der Waals surface area contributed by atoms with E-state index in [0.29, 0.717) is 0 Å². The Labute approximate surface area is 292 Å². The average Bonchev–Trinajstić information content (AvgIpc) is 3.84. The molecule has 2 unspecified atom stereocenters. The van der Waals surface area contributed by atoms with E-state index in [1.807, 2.05) is 0 Å². The Morgan fingerprint density at radius 3 is 1.50 bits per heavy atom. The molecule has 6 rings (SSSR count). The van der Waals surface area contributed by atoms with Gasteiger partial charge in [-0.05, 0) is 0 Å². The van der Waals surface area contributed by atoms with Crippen LogP contribution in [0.3, 0.4) is 0 Å². The van der Waals surface area contributed by atoms with Gasteiger partial charge in [0, 0.05) is 0 Å². The molecule has 2 saturated heterocycles. The highest BCUT2D eigenvalue weighted by atomic mass is 32.7. The second-order valence-electron chi connectivity index (χ2n) is 11.0. The molecule has 0 aromatic carbocycles. The number of anilines is 2. The molecule has 27 heteroatoms. The summed E-state index contributed by atoms with van der Waals surface area (Å²) in [5.74, 6) is 0.191. The molecule has 0 amide bonds. The Kier molecular flexibility index (Phi) is 11.2. The van der Waals surface area contributed by atoms with Crippen molar-refractivity contribution >= 4 is 72.8 Å². The number of hydrogen-bond acceptors (Lipinski definition) is 23. The van der Waals surface area contributed by atoms with Gasteiger partial charge < -0.3 is 80.8 Å².